The number of rotatable bonds is 3. The van der Waals surface area contributed by atoms with Crippen molar-refractivity contribution in [2.24, 2.45) is 0 Å². The average Bonchev–Trinajstić information content (AvgIpc) is 2.95. The number of anilines is 1. The molecular formula is C16H23FN4O. The van der Waals surface area contributed by atoms with E-state index in [4.69, 9.17) is 0 Å². The van der Waals surface area contributed by atoms with Gasteiger partial charge in [-0.2, -0.15) is 0 Å². The van der Waals surface area contributed by atoms with Gasteiger partial charge in [0.1, 0.15) is 5.82 Å². The molecule has 2 fully saturated rings. The van der Waals surface area contributed by atoms with Crippen LogP contribution in [0.4, 0.5) is 10.1 Å². The van der Waals surface area contributed by atoms with Crippen LogP contribution in [0.15, 0.2) is 18.5 Å². The predicted octanol–water partition coefficient (Wildman–Crippen LogP) is 1.36. The minimum absolute atomic E-state index is 0.248. The Hall–Kier alpha value is -1.69. The Morgan fingerprint density at radius 3 is 2.64 bits per heavy atom. The summed E-state index contributed by atoms with van der Waals surface area (Å²) in [4.78, 5) is 22.5. The number of pyridine rings is 1. The van der Waals surface area contributed by atoms with Crippen LogP contribution in [0.3, 0.4) is 0 Å². The van der Waals surface area contributed by atoms with Gasteiger partial charge in [-0.3, -0.25) is 14.7 Å². The summed E-state index contributed by atoms with van der Waals surface area (Å²) >= 11 is 0. The molecule has 6 heteroatoms. The second-order valence-electron chi connectivity index (χ2n) is 6.07. The van der Waals surface area contributed by atoms with Crippen molar-refractivity contribution in [3.8, 4) is 0 Å². The number of carbonyl (C=O) groups is 1. The lowest BCUT2D eigenvalue weighted by molar-refractivity contribution is -0.131. The summed E-state index contributed by atoms with van der Waals surface area (Å²) in [5, 5.41) is 0. The van der Waals surface area contributed by atoms with Crippen LogP contribution in [0.25, 0.3) is 0 Å². The predicted molar refractivity (Wildman–Crippen MR) is 83.3 cm³/mol. The van der Waals surface area contributed by atoms with E-state index < -0.39 is 0 Å². The number of hydrogen-bond donors (Lipinski definition) is 0. The van der Waals surface area contributed by atoms with E-state index in [1.54, 1.807) is 6.20 Å². The fourth-order valence-corrected chi connectivity index (χ4v) is 3.22. The Morgan fingerprint density at radius 2 is 1.86 bits per heavy atom. The highest BCUT2D eigenvalue weighted by atomic mass is 19.1. The van der Waals surface area contributed by atoms with E-state index in [-0.39, 0.29) is 11.7 Å². The molecule has 3 heterocycles. The van der Waals surface area contributed by atoms with Gasteiger partial charge in [0.05, 0.1) is 24.6 Å². The zero-order chi connectivity index (χ0) is 15.4. The van der Waals surface area contributed by atoms with Gasteiger partial charge in [0.25, 0.3) is 0 Å². The van der Waals surface area contributed by atoms with E-state index >= 15 is 0 Å². The van der Waals surface area contributed by atoms with E-state index in [2.05, 4.69) is 14.8 Å². The molecule has 0 atom stereocenters. The molecule has 0 radical (unpaired) electrons. The maximum absolute atomic E-state index is 13.3. The van der Waals surface area contributed by atoms with Gasteiger partial charge < -0.3 is 9.80 Å². The monoisotopic (exact) mass is 306 g/mol. The third-order valence-electron chi connectivity index (χ3n) is 4.46. The Balaban J connectivity index is 1.54. The van der Waals surface area contributed by atoms with Crippen molar-refractivity contribution in [3.63, 3.8) is 0 Å². The molecule has 0 spiro atoms. The van der Waals surface area contributed by atoms with Gasteiger partial charge in [-0.15, -0.1) is 0 Å². The van der Waals surface area contributed by atoms with E-state index in [1.165, 1.54) is 12.3 Å². The number of halogens is 1. The Bertz CT molecular complexity index is 519. The van der Waals surface area contributed by atoms with Gasteiger partial charge in [-0.25, -0.2) is 4.39 Å². The number of amides is 1. The number of likely N-dealkylation sites (tertiary alicyclic amines) is 1. The van der Waals surface area contributed by atoms with E-state index in [0.29, 0.717) is 6.54 Å². The molecule has 2 saturated heterocycles. The normalized spacial score (nSPS) is 20.2. The maximum atomic E-state index is 13.3. The number of carbonyl (C=O) groups excluding carboxylic acids is 1. The SMILES string of the molecule is O=C(CN1CCCN(c2cncc(F)c2)CC1)N1CCCC1. The first kappa shape index (κ1) is 15.2. The van der Waals surface area contributed by atoms with E-state index in [9.17, 15) is 9.18 Å². The summed E-state index contributed by atoms with van der Waals surface area (Å²) in [7, 11) is 0. The van der Waals surface area contributed by atoms with Crippen LogP contribution in [0.5, 0.6) is 0 Å². The molecule has 1 aromatic heterocycles. The molecule has 1 amide bonds. The topological polar surface area (TPSA) is 39.7 Å². The van der Waals surface area contributed by atoms with Crippen molar-refractivity contribution >= 4 is 11.6 Å². The standard InChI is InChI=1S/C16H23FN4O/c17-14-10-15(12-18-11-14)20-7-3-4-19(8-9-20)13-16(22)21-5-1-2-6-21/h10-12H,1-9,13H2. The molecule has 5 nitrogen and oxygen atoms in total. The van der Waals surface area contributed by atoms with Gasteiger partial charge in [-0.1, -0.05) is 0 Å². The first-order chi connectivity index (χ1) is 10.7. The van der Waals surface area contributed by atoms with Crippen molar-refractivity contribution in [3.05, 3.63) is 24.3 Å². The van der Waals surface area contributed by atoms with Gasteiger partial charge in [0.2, 0.25) is 5.91 Å². The summed E-state index contributed by atoms with van der Waals surface area (Å²) in [6.07, 6.45) is 6.17. The van der Waals surface area contributed by atoms with Crippen molar-refractivity contribution < 1.29 is 9.18 Å². The Kier molecular flexibility index (Phi) is 4.87. The fraction of sp³-hybridized carbons (Fsp3) is 0.625. The fourth-order valence-electron chi connectivity index (χ4n) is 3.22. The van der Waals surface area contributed by atoms with E-state index in [1.807, 2.05) is 4.90 Å². The number of hydrogen-bond acceptors (Lipinski definition) is 4. The summed E-state index contributed by atoms with van der Waals surface area (Å²) in [6, 6.07) is 1.53. The quantitative estimate of drug-likeness (QED) is 0.845. The lowest BCUT2D eigenvalue weighted by atomic mass is 10.3. The third kappa shape index (κ3) is 3.74. The second kappa shape index (κ2) is 7.05. The Labute approximate surface area is 130 Å². The molecule has 0 unspecified atom stereocenters. The van der Waals surface area contributed by atoms with Crippen LogP contribution >= 0.6 is 0 Å². The van der Waals surface area contributed by atoms with Crippen molar-refractivity contribution in [1.29, 1.82) is 0 Å². The van der Waals surface area contributed by atoms with Gasteiger partial charge in [-0.05, 0) is 19.3 Å². The minimum atomic E-state index is -0.303. The van der Waals surface area contributed by atoms with Crippen molar-refractivity contribution in [2.45, 2.75) is 19.3 Å². The molecule has 3 rings (SSSR count). The van der Waals surface area contributed by atoms with Gasteiger partial charge >= 0.3 is 0 Å². The first-order valence-electron chi connectivity index (χ1n) is 8.08. The van der Waals surface area contributed by atoms with Crippen molar-refractivity contribution in [2.75, 3.05) is 50.7 Å². The second-order valence-corrected chi connectivity index (χ2v) is 6.07. The summed E-state index contributed by atoms with van der Waals surface area (Å²) in [6.45, 7) is 5.75. The molecule has 22 heavy (non-hydrogen) atoms. The smallest absolute Gasteiger partial charge is 0.236 e. The van der Waals surface area contributed by atoms with Gasteiger partial charge in [0.15, 0.2) is 0 Å². The minimum Gasteiger partial charge on any atom is -0.369 e. The molecule has 2 aliphatic heterocycles. The maximum Gasteiger partial charge on any atom is 0.236 e. The lowest BCUT2D eigenvalue weighted by Crippen LogP contribution is -2.40. The average molecular weight is 306 g/mol. The molecule has 0 N–H and O–H groups in total. The zero-order valence-electron chi connectivity index (χ0n) is 12.9. The molecule has 1 aromatic rings. The highest BCUT2D eigenvalue weighted by molar-refractivity contribution is 5.78. The zero-order valence-corrected chi connectivity index (χ0v) is 12.9. The highest BCUT2D eigenvalue weighted by Crippen LogP contribution is 2.16. The molecule has 120 valence electrons. The molecule has 0 aliphatic carbocycles. The number of aromatic nitrogens is 1. The molecule has 2 aliphatic rings. The largest absolute Gasteiger partial charge is 0.369 e. The van der Waals surface area contributed by atoms with Crippen LogP contribution in [0, 0.1) is 5.82 Å². The summed E-state index contributed by atoms with van der Waals surface area (Å²) in [5.74, 6) is -0.0545. The van der Waals surface area contributed by atoms with Crippen LogP contribution in [-0.2, 0) is 4.79 Å². The van der Waals surface area contributed by atoms with Crippen LogP contribution in [0.1, 0.15) is 19.3 Å². The van der Waals surface area contributed by atoms with E-state index in [0.717, 1.165) is 64.2 Å². The lowest BCUT2D eigenvalue weighted by Gasteiger charge is -2.24. The third-order valence-corrected chi connectivity index (χ3v) is 4.46. The van der Waals surface area contributed by atoms with Gasteiger partial charge in [0, 0.05) is 45.3 Å². The molecule has 0 saturated carbocycles. The molecule has 0 aromatic carbocycles. The summed E-state index contributed by atoms with van der Waals surface area (Å²) in [5.41, 5.74) is 0.827. The molecule has 0 bridgehead atoms. The van der Waals surface area contributed by atoms with Crippen LogP contribution in [-0.4, -0.2) is 66.5 Å². The number of nitrogens with zero attached hydrogens (tertiary/aromatic N) is 4. The summed E-state index contributed by atoms with van der Waals surface area (Å²) < 4.78 is 13.3. The molecular weight excluding hydrogens is 283 g/mol. The van der Waals surface area contributed by atoms with Crippen LogP contribution < -0.4 is 4.90 Å². The highest BCUT2D eigenvalue weighted by Gasteiger charge is 2.22. The first-order valence-corrected chi connectivity index (χ1v) is 8.08. The van der Waals surface area contributed by atoms with Crippen molar-refractivity contribution in [1.82, 2.24) is 14.8 Å². The van der Waals surface area contributed by atoms with Crippen LogP contribution in [0.2, 0.25) is 0 Å². The Morgan fingerprint density at radius 1 is 1.05 bits per heavy atom.